The van der Waals surface area contributed by atoms with Gasteiger partial charge in [-0.25, -0.2) is 4.79 Å². The number of aliphatic hydroxyl groups is 1. The number of hydrogen-bond donors (Lipinski definition) is 3. The number of carbonyl (C=O) groups excluding carboxylic acids is 3. The van der Waals surface area contributed by atoms with Gasteiger partial charge in [-0.05, 0) is 72.9 Å². The molecule has 0 saturated heterocycles. The van der Waals surface area contributed by atoms with Gasteiger partial charge in [0, 0.05) is 12.1 Å². The van der Waals surface area contributed by atoms with Crippen LogP contribution < -0.4 is 10.6 Å². The number of nitrogens with one attached hydrogen (secondary N) is 2. The van der Waals surface area contributed by atoms with Crippen LogP contribution >= 0.6 is 0 Å². The van der Waals surface area contributed by atoms with E-state index in [1.165, 1.54) is 4.90 Å². The summed E-state index contributed by atoms with van der Waals surface area (Å²) in [6.07, 6.45) is 0.918. The fourth-order valence-corrected chi connectivity index (χ4v) is 3.59. The molecule has 0 aliphatic carbocycles. The van der Waals surface area contributed by atoms with Gasteiger partial charge in [0.1, 0.15) is 17.7 Å². The van der Waals surface area contributed by atoms with Gasteiger partial charge in [0.15, 0.2) is 0 Å². The molecule has 1 aromatic rings. The second-order valence-corrected chi connectivity index (χ2v) is 10.7. The highest BCUT2D eigenvalue weighted by Gasteiger charge is 2.42. The standard InChI is InChI=1S/C26H43N3O5/c1-10-11-14-27-22(31)21(19-15-17(2)12-13-18(19)3)29(25(4,5)6)23(32)20(16-30)28-24(33)34-26(7,8)9/h12-13,15,20-21,30H,10-11,14,16H2,1-9H3,(H,27,31)(H,28,33). The number of benzene rings is 1. The Morgan fingerprint density at radius 1 is 1.09 bits per heavy atom. The summed E-state index contributed by atoms with van der Waals surface area (Å²) in [4.78, 5) is 41.1. The molecule has 3 amide bonds. The van der Waals surface area contributed by atoms with Gasteiger partial charge in [-0.3, -0.25) is 9.59 Å². The molecule has 0 aliphatic heterocycles. The second kappa shape index (κ2) is 12.2. The third-order valence-electron chi connectivity index (χ3n) is 5.20. The molecule has 1 aromatic carbocycles. The van der Waals surface area contributed by atoms with Crippen molar-refractivity contribution in [2.24, 2.45) is 0 Å². The zero-order valence-electron chi connectivity index (χ0n) is 22.2. The molecule has 0 fully saturated rings. The summed E-state index contributed by atoms with van der Waals surface area (Å²) in [6, 6.07) is 3.56. The molecular weight excluding hydrogens is 434 g/mol. The van der Waals surface area contributed by atoms with Crippen LogP contribution in [0.4, 0.5) is 4.79 Å². The van der Waals surface area contributed by atoms with Gasteiger partial charge in [-0.2, -0.15) is 0 Å². The molecule has 0 aliphatic rings. The van der Waals surface area contributed by atoms with Gasteiger partial charge < -0.3 is 25.4 Å². The topological polar surface area (TPSA) is 108 Å². The quantitative estimate of drug-likeness (QED) is 0.469. The van der Waals surface area contributed by atoms with E-state index in [1.54, 1.807) is 20.8 Å². The van der Waals surface area contributed by atoms with E-state index in [4.69, 9.17) is 4.74 Å². The summed E-state index contributed by atoms with van der Waals surface area (Å²) < 4.78 is 5.27. The van der Waals surface area contributed by atoms with Crippen molar-refractivity contribution in [2.75, 3.05) is 13.2 Å². The third-order valence-corrected chi connectivity index (χ3v) is 5.20. The van der Waals surface area contributed by atoms with Crippen LogP contribution in [0.25, 0.3) is 0 Å². The van der Waals surface area contributed by atoms with Crippen LogP contribution in [0, 0.1) is 13.8 Å². The fourth-order valence-electron chi connectivity index (χ4n) is 3.59. The Bertz CT molecular complexity index is 855. The number of ether oxygens (including phenoxy) is 1. The van der Waals surface area contributed by atoms with E-state index in [0.717, 1.165) is 24.0 Å². The van der Waals surface area contributed by atoms with Crippen LogP contribution in [0.1, 0.15) is 84.0 Å². The van der Waals surface area contributed by atoms with Crippen LogP contribution in [-0.2, 0) is 14.3 Å². The molecule has 0 bridgehead atoms. The predicted octanol–water partition coefficient (Wildman–Crippen LogP) is 3.77. The van der Waals surface area contributed by atoms with E-state index < -0.39 is 41.8 Å². The van der Waals surface area contributed by atoms with Crippen LogP contribution in [0.5, 0.6) is 0 Å². The minimum Gasteiger partial charge on any atom is -0.444 e. The van der Waals surface area contributed by atoms with Gasteiger partial charge in [0.25, 0.3) is 0 Å². The highest BCUT2D eigenvalue weighted by atomic mass is 16.6. The largest absolute Gasteiger partial charge is 0.444 e. The number of hydrogen-bond acceptors (Lipinski definition) is 5. The molecule has 0 spiro atoms. The Morgan fingerprint density at radius 3 is 2.21 bits per heavy atom. The van der Waals surface area contributed by atoms with Crippen molar-refractivity contribution in [3.8, 4) is 0 Å². The lowest BCUT2D eigenvalue weighted by Gasteiger charge is -2.43. The molecule has 3 N–H and O–H groups in total. The Hall–Kier alpha value is -2.61. The number of amides is 3. The van der Waals surface area contributed by atoms with Crippen LogP contribution in [0.15, 0.2) is 18.2 Å². The lowest BCUT2D eigenvalue weighted by molar-refractivity contribution is -0.149. The molecule has 1 rings (SSSR count). The lowest BCUT2D eigenvalue weighted by Crippen LogP contribution is -2.59. The van der Waals surface area contributed by atoms with Gasteiger partial charge in [0.05, 0.1) is 6.61 Å². The molecule has 192 valence electrons. The Labute approximate surface area is 204 Å². The summed E-state index contributed by atoms with van der Waals surface area (Å²) in [6.45, 7) is 16.3. The smallest absolute Gasteiger partial charge is 0.408 e. The van der Waals surface area contributed by atoms with Crippen molar-refractivity contribution in [2.45, 2.75) is 98.4 Å². The number of nitrogens with zero attached hydrogens (tertiary/aromatic N) is 1. The maximum Gasteiger partial charge on any atom is 0.408 e. The zero-order chi connectivity index (χ0) is 26.3. The van der Waals surface area contributed by atoms with Gasteiger partial charge >= 0.3 is 6.09 Å². The minimum absolute atomic E-state index is 0.306. The summed E-state index contributed by atoms with van der Waals surface area (Å²) >= 11 is 0. The Kier molecular flexibility index (Phi) is 10.6. The molecule has 0 radical (unpaired) electrons. The Morgan fingerprint density at radius 2 is 1.71 bits per heavy atom. The van der Waals surface area contributed by atoms with Gasteiger partial charge in [0.2, 0.25) is 11.8 Å². The maximum atomic E-state index is 13.8. The third kappa shape index (κ3) is 8.63. The molecule has 0 heterocycles. The molecular formula is C26H43N3O5. The van der Waals surface area contributed by atoms with Gasteiger partial charge in [-0.15, -0.1) is 0 Å². The number of aryl methyl sites for hydroxylation is 2. The summed E-state index contributed by atoms with van der Waals surface area (Å²) in [5, 5.41) is 15.4. The molecule has 8 nitrogen and oxygen atoms in total. The Balaban J connectivity index is 3.50. The number of alkyl carbamates (subject to hydrolysis) is 1. The minimum atomic E-state index is -1.27. The van der Waals surface area contributed by atoms with Crippen molar-refractivity contribution in [3.63, 3.8) is 0 Å². The van der Waals surface area contributed by atoms with E-state index in [9.17, 15) is 19.5 Å². The number of carbonyl (C=O) groups is 3. The first-order valence-corrected chi connectivity index (χ1v) is 11.9. The van der Waals surface area contributed by atoms with E-state index in [2.05, 4.69) is 10.6 Å². The first kappa shape index (κ1) is 29.4. The SMILES string of the molecule is CCCCNC(=O)C(c1cc(C)ccc1C)N(C(=O)C(CO)NC(=O)OC(C)(C)C)C(C)(C)C. The van der Waals surface area contributed by atoms with Crippen molar-refractivity contribution in [3.05, 3.63) is 34.9 Å². The average molecular weight is 478 g/mol. The average Bonchev–Trinajstić information content (AvgIpc) is 2.69. The number of aliphatic hydroxyl groups excluding tert-OH is 1. The van der Waals surface area contributed by atoms with E-state index in [-0.39, 0.29) is 5.91 Å². The van der Waals surface area contributed by atoms with Crippen molar-refractivity contribution >= 4 is 17.9 Å². The summed E-state index contributed by atoms with van der Waals surface area (Å²) in [5.41, 5.74) is 0.953. The predicted molar refractivity (Wildman–Crippen MR) is 133 cm³/mol. The van der Waals surface area contributed by atoms with Gasteiger partial charge in [-0.1, -0.05) is 37.1 Å². The lowest BCUT2D eigenvalue weighted by atomic mass is 9.92. The molecule has 0 aromatic heterocycles. The highest BCUT2D eigenvalue weighted by Crippen LogP contribution is 2.32. The monoisotopic (exact) mass is 477 g/mol. The molecule has 34 heavy (non-hydrogen) atoms. The first-order valence-electron chi connectivity index (χ1n) is 11.9. The van der Waals surface area contributed by atoms with Crippen LogP contribution in [0.3, 0.4) is 0 Å². The second-order valence-electron chi connectivity index (χ2n) is 10.7. The van der Waals surface area contributed by atoms with E-state index >= 15 is 0 Å². The summed E-state index contributed by atoms with van der Waals surface area (Å²) in [7, 11) is 0. The maximum absolute atomic E-state index is 13.8. The molecule has 2 atom stereocenters. The van der Waals surface area contributed by atoms with Crippen LogP contribution in [0.2, 0.25) is 0 Å². The van der Waals surface area contributed by atoms with Crippen LogP contribution in [-0.4, -0.2) is 58.2 Å². The van der Waals surface area contributed by atoms with E-state index in [0.29, 0.717) is 12.1 Å². The normalized spacial score (nSPS) is 13.6. The molecule has 0 saturated carbocycles. The zero-order valence-corrected chi connectivity index (χ0v) is 22.2. The van der Waals surface area contributed by atoms with E-state index in [1.807, 2.05) is 59.7 Å². The molecule has 8 heteroatoms. The summed E-state index contributed by atoms with van der Waals surface area (Å²) in [5.74, 6) is -0.878. The molecule has 2 unspecified atom stereocenters. The number of rotatable bonds is 9. The fraction of sp³-hybridized carbons (Fsp3) is 0.654. The van der Waals surface area contributed by atoms with Crippen molar-refractivity contribution in [1.82, 2.24) is 15.5 Å². The first-order chi connectivity index (χ1) is 15.6. The number of unbranched alkanes of at least 4 members (excludes halogenated alkanes) is 1. The highest BCUT2D eigenvalue weighted by molar-refractivity contribution is 5.93. The van der Waals surface area contributed by atoms with Crippen molar-refractivity contribution < 1.29 is 24.2 Å². The van der Waals surface area contributed by atoms with Crippen molar-refractivity contribution in [1.29, 1.82) is 0 Å².